The number of esters is 1. The molecule has 0 aliphatic rings. The van der Waals surface area contributed by atoms with Gasteiger partial charge in [0, 0.05) is 12.5 Å². The Labute approximate surface area is 244 Å². The number of carbonyl (C=O) groups excluding carboxylic acids is 1. The normalized spacial score (nSPS) is 12.0. The van der Waals surface area contributed by atoms with Crippen LogP contribution < -0.4 is 0 Å². The van der Waals surface area contributed by atoms with Crippen LogP contribution in [0.15, 0.2) is 72.8 Å². The fraction of sp³-hybridized carbons (Fsp3) is 0.0625. The number of rotatable bonds is 9. The van der Waals surface area contributed by atoms with Crippen LogP contribution in [-0.4, -0.2) is 58.9 Å². The zero-order chi connectivity index (χ0) is 31.3. The Morgan fingerprint density at radius 3 is 1.86 bits per heavy atom. The number of aliphatic carboxylic acids is 1. The first-order valence-corrected chi connectivity index (χ1v) is 12.6. The molecule has 220 valence electrons. The molecule has 4 aromatic carbocycles. The number of carboxylic acids is 1. The van der Waals surface area contributed by atoms with Crippen molar-refractivity contribution in [1.82, 2.24) is 0 Å². The Kier molecular flexibility index (Phi) is 8.76. The average Bonchev–Trinajstić information content (AvgIpc) is 2.95. The Morgan fingerprint density at radius 2 is 1.23 bits per heavy atom. The average molecular weight is 587 g/mol. The third kappa shape index (κ3) is 7.35. The lowest BCUT2D eigenvalue weighted by atomic mass is 9.97. The van der Waals surface area contributed by atoms with Crippen molar-refractivity contribution in [3.05, 3.63) is 95.1 Å². The van der Waals surface area contributed by atoms with Gasteiger partial charge in [0.25, 0.3) is 0 Å². The van der Waals surface area contributed by atoms with Gasteiger partial charge in [0.1, 0.15) is 5.75 Å². The Bertz CT molecular complexity index is 1750. The zero-order valence-electron chi connectivity index (χ0n) is 22.2. The first-order chi connectivity index (χ1) is 20.4. The summed E-state index contributed by atoms with van der Waals surface area (Å²) in [5.74, 6) is -5.11. The van der Waals surface area contributed by atoms with Crippen LogP contribution in [0.5, 0.6) is 40.2 Å². The molecule has 11 heteroatoms. The van der Waals surface area contributed by atoms with Crippen molar-refractivity contribution in [2.45, 2.75) is 12.5 Å². The number of aromatic hydroxyl groups is 7. The van der Waals surface area contributed by atoms with Gasteiger partial charge < -0.3 is 45.6 Å². The van der Waals surface area contributed by atoms with E-state index in [9.17, 15) is 50.4 Å². The van der Waals surface area contributed by atoms with Gasteiger partial charge in [-0.05, 0) is 88.0 Å². The molecule has 0 saturated carbocycles. The third-order valence-electron chi connectivity index (χ3n) is 6.32. The number of phenolic OH excluding ortho intramolecular Hbond substituents is 7. The van der Waals surface area contributed by atoms with Crippen LogP contribution in [0.1, 0.15) is 22.3 Å². The van der Waals surface area contributed by atoms with Gasteiger partial charge in [0.05, 0.1) is 0 Å². The van der Waals surface area contributed by atoms with Crippen LogP contribution in [0.4, 0.5) is 0 Å². The Morgan fingerprint density at radius 1 is 0.651 bits per heavy atom. The van der Waals surface area contributed by atoms with Crippen molar-refractivity contribution in [1.29, 1.82) is 0 Å². The summed E-state index contributed by atoms with van der Waals surface area (Å²) in [6.07, 6.45) is 3.28. The molecule has 0 aromatic heterocycles. The van der Waals surface area contributed by atoms with Crippen LogP contribution >= 0.6 is 0 Å². The summed E-state index contributed by atoms with van der Waals surface area (Å²) in [6, 6.07) is 14.9. The molecule has 0 saturated heterocycles. The number of carbonyl (C=O) groups is 2. The van der Waals surface area contributed by atoms with E-state index in [4.69, 9.17) is 4.74 Å². The van der Waals surface area contributed by atoms with Crippen molar-refractivity contribution in [3.8, 4) is 51.4 Å². The van der Waals surface area contributed by atoms with Crippen LogP contribution in [-0.2, 0) is 20.7 Å². The van der Waals surface area contributed by atoms with Gasteiger partial charge in [-0.1, -0.05) is 30.4 Å². The molecule has 1 atom stereocenters. The van der Waals surface area contributed by atoms with E-state index >= 15 is 0 Å². The predicted molar refractivity (Wildman–Crippen MR) is 156 cm³/mol. The first-order valence-electron chi connectivity index (χ1n) is 12.6. The van der Waals surface area contributed by atoms with E-state index in [1.54, 1.807) is 12.1 Å². The molecule has 8 N–H and O–H groups in total. The Balaban J connectivity index is 1.61. The second kappa shape index (κ2) is 12.6. The van der Waals surface area contributed by atoms with Crippen LogP contribution in [0.25, 0.3) is 29.4 Å². The molecule has 0 bridgehead atoms. The lowest BCUT2D eigenvalue weighted by molar-refractivity contribution is -0.160. The zero-order valence-corrected chi connectivity index (χ0v) is 22.2. The maximum Gasteiger partial charge on any atom is 0.345 e. The molecule has 0 fully saturated rings. The second-order valence-corrected chi connectivity index (χ2v) is 9.41. The maximum atomic E-state index is 12.5. The van der Waals surface area contributed by atoms with E-state index in [1.165, 1.54) is 60.7 Å². The number of phenols is 7. The molecule has 0 aliphatic heterocycles. The van der Waals surface area contributed by atoms with E-state index in [0.717, 1.165) is 18.2 Å². The lowest BCUT2D eigenvalue weighted by Gasteiger charge is -2.13. The summed E-state index contributed by atoms with van der Waals surface area (Å²) in [4.78, 5) is 24.2. The minimum Gasteiger partial charge on any atom is -0.508 e. The van der Waals surface area contributed by atoms with Crippen molar-refractivity contribution < 1.29 is 55.2 Å². The smallest absolute Gasteiger partial charge is 0.345 e. The van der Waals surface area contributed by atoms with E-state index < -0.39 is 46.8 Å². The van der Waals surface area contributed by atoms with Crippen LogP contribution in [0.3, 0.4) is 0 Å². The summed E-state index contributed by atoms with van der Waals surface area (Å²) < 4.78 is 5.06. The quantitative estimate of drug-likeness (QED) is 0.0583. The molecule has 0 radical (unpaired) electrons. The lowest BCUT2D eigenvalue weighted by Crippen LogP contribution is -2.28. The molecule has 0 unspecified atom stereocenters. The minimum atomic E-state index is -1.62. The second-order valence-electron chi connectivity index (χ2n) is 9.41. The molecule has 4 aromatic rings. The summed E-state index contributed by atoms with van der Waals surface area (Å²) in [7, 11) is 0. The van der Waals surface area contributed by atoms with E-state index in [-0.39, 0.29) is 23.5 Å². The standard InChI is InChI=1S/C32H26O11/c33-22-3-1-2-20(12-22)23-16-29(39)28(38)15-21(23)6-5-18-13-26(36)27(37)14-19(18)7-9-31(40)43-30(32(41)42)11-17-4-8-24(34)25(35)10-17/h1-10,12-16,30,33-39H,11H2,(H,41,42)/b6-5+,9-7+/t30-/m1/s1. The van der Waals surface area contributed by atoms with Crippen molar-refractivity contribution in [3.63, 3.8) is 0 Å². The fourth-order valence-corrected chi connectivity index (χ4v) is 4.16. The number of carboxylic acid groups (broad SMARTS) is 1. The highest BCUT2D eigenvalue weighted by molar-refractivity contribution is 5.91. The molecular formula is C32H26O11. The van der Waals surface area contributed by atoms with Gasteiger partial charge in [-0.15, -0.1) is 0 Å². The summed E-state index contributed by atoms with van der Waals surface area (Å²) in [6.45, 7) is 0. The molecule has 0 aliphatic carbocycles. The fourth-order valence-electron chi connectivity index (χ4n) is 4.16. The van der Waals surface area contributed by atoms with E-state index in [0.29, 0.717) is 27.8 Å². The van der Waals surface area contributed by atoms with Gasteiger partial charge in [0.2, 0.25) is 6.10 Å². The molecular weight excluding hydrogens is 560 g/mol. The predicted octanol–water partition coefficient (Wildman–Crippen LogP) is 4.72. The summed E-state index contributed by atoms with van der Waals surface area (Å²) in [5.41, 5.74) is 2.20. The monoisotopic (exact) mass is 586 g/mol. The molecule has 0 spiro atoms. The van der Waals surface area contributed by atoms with E-state index in [1.807, 2.05) is 0 Å². The molecule has 0 amide bonds. The summed E-state index contributed by atoms with van der Waals surface area (Å²) >= 11 is 0. The molecule has 4 rings (SSSR count). The van der Waals surface area contributed by atoms with Crippen LogP contribution in [0, 0.1) is 0 Å². The topological polar surface area (TPSA) is 205 Å². The molecule has 0 heterocycles. The van der Waals surface area contributed by atoms with Gasteiger partial charge >= 0.3 is 11.9 Å². The van der Waals surface area contributed by atoms with E-state index in [2.05, 4.69) is 0 Å². The minimum absolute atomic E-state index is 0.0193. The highest BCUT2D eigenvalue weighted by Crippen LogP contribution is 2.37. The number of hydrogen-bond donors (Lipinski definition) is 8. The van der Waals surface area contributed by atoms with Gasteiger partial charge in [-0.3, -0.25) is 0 Å². The van der Waals surface area contributed by atoms with Crippen molar-refractivity contribution in [2.24, 2.45) is 0 Å². The number of hydrogen-bond acceptors (Lipinski definition) is 10. The highest BCUT2D eigenvalue weighted by atomic mass is 16.6. The number of ether oxygens (including phenoxy) is 1. The van der Waals surface area contributed by atoms with Gasteiger partial charge in [0.15, 0.2) is 34.5 Å². The number of benzene rings is 4. The van der Waals surface area contributed by atoms with Gasteiger partial charge in [-0.2, -0.15) is 0 Å². The van der Waals surface area contributed by atoms with Crippen molar-refractivity contribution in [2.75, 3.05) is 0 Å². The third-order valence-corrected chi connectivity index (χ3v) is 6.32. The van der Waals surface area contributed by atoms with Crippen molar-refractivity contribution >= 4 is 30.2 Å². The van der Waals surface area contributed by atoms with Crippen LogP contribution in [0.2, 0.25) is 0 Å². The molecule has 11 nitrogen and oxygen atoms in total. The molecule has 43 heavy (non-hydrogen) atoms. The summed E-state index contributed by atoms with van der Waals surface area (Å²) in [5, 5.41) is 78.8. The largest absolute Gasteiger partial charge is 0.508 e. The maximum absolute atomic E-state index is 12.5. The highest BCUT2D eigenvalue weighted by Gasteiger charge is 2.22. The SMILES string of the molecule is O=C(/C=C/c1cc(O)c(O)cc1/C=C/c1cc(O)c(O)cc1-c1cccc(O)c1)O[C@H](Cc1ccc(O)c(O)c1)C(=O)O. The first kappa shape index (κ1) is 29.9. The van der Waals surface area contributed by atoms with Gasteiger partial charge in [-0.25, -0.2) is 9.59 Å². The Hall–Kier alpha value is -6.10.